The van der Waals surface area contributed by atoms with Gasteiger partial charge in [0, 0.05) is 19.6 Å². The molecule has 0 amide bonds. The first-order chi connectivity index (χ1) is 8.04. The SMILES string of the molecule is CCCN(CCN(C)C)c1nc(Cl)ccc1N. The van der Waals surface area contributed by atoms with Crippen molar-refractivity contribution in [2.45, 2.75) is 13.3 Å². The number of likely N-dealkylation sites (N-methyl/N-ethyl adjacent to an activating group) is 1. The first kappa shape index (κ1) is 14.1. The Bertz CT molecular complexity index is 354. The van der Waals surface area contributed by atoms with E-state index in [0.29, 0.717) is 10.8 Å². The monoisotopic (exact) mass is 256 g/mol. The number of nitrogens with two attached hydrogens (primary N) is 1. The van der Waals surface area contributed by atoms with Gasteiger partial charge in [-0.3, -0.25) is 0 Å². The van der Waals surface area contributed by atoms with Gasteiger partial charge in [0.15, 0.2) is 5.82 Å². The summed E-state index contributed by atoms with van der Waals surface area (Å²) >= 11 is 5.92. The fraction of sp³-hybridized carbons (Fsp3) is 0.583. The van der Waals surface area contributed by atoms with Crippen LogP contribution >= 0.6 is 11.6 Å². The molecule has 0 unspecified atom stereocenters. The molecule has 0 radical (unpaired) electrons. The minimum atomic E-state index is 0.486. The van der Waals surface area contributed by atoms with E-state index >= 15 is 0 Å². The van der Waals surface area contributed by atoms with Gasteiger partial charge in [-0.15, -0.1) is 0 Å². The van der Waals surface area contributed by atoms with Gasteiger partial charge in [-0.05, 0) is 32.6 Å². The average Bonchev–Trinajstić information content (AvgIpc) is 2.27. The Hall–Kier alpha value is -1.00. The van der Waals surface area contributed by atoms with E-state index in [0.717, 1.165) is 31.9 Å². The van der Waals surface area contributed by atoms with Crippen molar-refractivity contribution in [1.29, 1.82) is 0 Å². The molecule has 0 saturated carbocycles. The summed E-state index contributed by atoms with van der Waals surface area (Å²) in [5.41, 5.74) is 6.63. The molecule has 0 saturated heterocycles. The Morgan fingerprint density at radius 1 is 1.24 bits per heavy atom. The number of halogens is 1. The molecule has 1 heterocycles. The number of pyridine rings is 1. The van der Waals surface area contributed by atoms with Gasteiger partial charge in [0.2, 0.25) is 0 Å². The second-order valence-electron chi connectivity index (χ2n) is 4.34. The Kier molecular flexibility index (Phi) is 5.51. The van der Waals surface area contributed by atoms with Crippen LogP contribution in [0.25, 0.3) is 0 Å². The number of nitrogen functional groups attached to an aromatic ring is 1. The summed E-state index contributed by atoms with van der Waals surface area (Å²) in [6.45, 7) is 4.95. The van der Waals surface area contributed by atoms with Gasteiger partial charge in [0.25, 0.3) is 0 Å². The number of nitrogens with zero attached hydrogens (tertiary/aromatic N) is 3. The van der Waals surface area contributed by atoms with Crippen LogP contribution in [-0.2, 0) is 0 Å². The zero-order valence-corrected chi connectivity index (χ0v) is 11.5. The lowest BCUT2D eigenvalue weighted by molar-refractivity contribution is 0.412. The molecule has 96 valence electrons. The second-order valence-corrected chi connectivity index (χ2v) is 4.72. The molecule has 0 aliphatic carbocycles. The fourth-order valence-electron chi connectivity index (χ4n) is 1.60. The van der Waals surface area contributed by atoms with E-state index in [1.54, 1.807) is 6.07 Å². The summed E-state index contributed by atoms with van der Waals surface area (Å²) in [5, 5.41) is 0.486. The van der Waals surface area contributed by atoms with Crippen LogP contribution < -0.4 is 10.6 Å². The van der Waals surface area contributed by atoms with E-state index in [9.17, 15) is 0 Å². The lowest BCUT2D eigenvalue weighted by Crippen LogP contribution is -2.33. The molecule has 4 nitrogen and oxygen atoms in total. The third-order valence-electron chi connectivity index (χ3n) is 2.48. The van der Waals surface area contributed by atoms with Crippen molar-refractivity contribution in [2.75, 3.05) is 44.4 Å². The predicted molar refractivity (Wildman–Crippen MR) is 74.7 cm³/mol. The lowest BCUT2D eigenvalue weighted by Gasteiger charge is -2.26. The quantitative estimate of drug-likeness (QED) is 0.792. The topological polar surface area (TPSA) is 45.4 Å². The van der Waals surface area contributed by atoms with Crippen LogP contribution in [0.1, 0.15) is 13.3 Å². The lowest BCUT2D eigenvalue weighted by atomic mass is 10.3. The smallest absolute Gasteiger partial charge is 0.153 e. The molecule has 0 aromatic carbocycles. The van der Waals surface area contributed by atoms with Crippen molar-refractivity contribution in [3.05, 3.63) is 17.3 Å². The third kappa shape index (κ3) is 4.40. The summed E-state index contributed by atoms with van der Waals surface area (Å²) in [7, 11) is 4.11. The van der Waals surface area contributed by atoms with Crippen LogP contribution in [-0.4, -0.2) is 43.6 Å². The van der Waals surface area contributed by atoms with Crippen LogP contribution in [0.2, 0.25) is 5.15 Å². The van der Waals surface area contributed by atoms with Crippen molar-refractivity contribution < 1.29 is 0 Å². The molecule has 5 heteroatoms. The van der Waals surface area contributed by atoms with E-state index < -0.39 is 0 Å². The molecule has 0 bridgehead atoms. The van der Waals surface area contributed by atoms with Gasteiger partial charge in [-0.25, -0.2) is 4.98 Å². The second kappa shape index (κ2) is 6.67. The van der Waals surface area contributed by atoms with Gasteiger partial charge in [0.1, 0.15) is 5.15 Å². The molecule has 2 N–H and O–H groups in total. The highest BCUT2D eigenvalue weighted by molar-refractivity contribution is 6.29. The number of anilines is 2. The molecular formula is C12H21ClN4. The largest absolute Gasteiger partial charge is 0.396 e. The van der Waals surface area contributed by atoms with E-state index in [-0.39, 0.29) is 0 Å². The number of aromatic nitrogens is 1. The summed E-state index contributed by atoms with van der Waals surface area (Å²) in [4.78, 5) is 8.64. The van der Waals surface area contributed by atoms with Gasteiger partial charge >= 0.3 is 0 Å². The maximum atomic E-state index is 5.95. The summed E-state index contributed by atoms with van der Waals surface area (Å²) in [5.74, 6) is 0.793. The molecule has 0 aliphatic heterocycles. The zero-order valence-electron chi connectivity index (χ0n) is 10.8. The van der Waals surface area contributed by atoms with Gasteiger partial charge in [0.05, 0.1) is 5.69 Å². The minimum absolute atomic E-state index is 0.486. The predicted octanol–water partition coefficient (Wildman–Crippen LogP) is 2.10. The highest BCUT2D eigenvalue weighted by Crippen LogP contribution is 2.22. The molecule has 1 aromatic heterocycles. The third-order valence-corrected chi connectivity index (χ3v) is 2.69. The van der Waals surface area contributed by atoms with Crippen molar-refractivity contribution in [1.82, 2.24) is 9.88 Å². The standard InChI is InChI=1S/C12H21ClN4/c1-4-7-17(9-8-16(2)3)12-10(14)5-6-11(13)15-12/h5-6H,4,7-9,14H2,1-3H3. The van der Waals surface area contributed by atoms with Crippen molar-refractivity contribution in [3.8, 4) is 0 Å². The van der Waals surface area contributed by atoms with Gasteiger partial charge in [-0.2, -0.15) is 0 Å². The van der Waals surface area contributed by atoms with Crippen molar-refractivity contribution in [2.24, 2.45) is 0 Å². The van der Waals surface area contributed by atoms with E-state index in [1.807, 2.05) is 6.07 Å². The maximum Gasteiger partial charge on any atom is 0.153 e. The van der Waals surface area contributed by atoms with Crippen LogP contribution in [0.5, 0.6) is 0 Å². The Balaban J connectivity index is 2.84. The van der Waals surface area contributed by atoms with E-state index in [4.69, 9.17) is 17.3 Å². The summed E-state index contributed by atoms with van der Waals surface area (Å²) in [6, 6.07) is 3.53. The Labute approximate surface area is 108 Å². The highest BCUT2D eigenvalue weighted by atomic mass is 35.5. The van der Waals surface area contributed by atoms with E-state index in [1.165, 1.54) is 0 Å². The molecule has 0 atom stereocenters. The summed E-state index contributed by atoms with van der Waals surface area (Å²) in [6.07, 6.45) is 1.06. The number of hydrogen-bond donors (Lipinski definition) is 1. The van der Waals surface area contributed by atoms with Crippen molar-refractivity contribution >= 4 is 23.1 Å². The molecular weight excluding hydrogens is 236 g/mol. The number of hydrogen-bond acceptors (Lipinski definition) is 4. The highest BCUT2D eigenvalue weighted by Gasteiger charge is 2.11. The Morgan fingerprint density at radius 2 is 1.94 bits per heavy atom. The summed E-state index contributed by atoms with van der Waals surface area (Å²) < 4.78 is 0. The van der Waals surface area contributed by atoms with Crippen molar-refractivity contribution in [3.63, 3.8) is 0 Å². The first-order valence-corrected chi connectivity index (χ1v) is 6.24. The molecule has 0 aliphatic rings. The normalized spacial score (nSPS) is 10.9. The molecule has 17 heavy (non-hydrogen) atoms. The maximum absolute atomic E-state index is 5.95. The molecule has 1 rings (SSSR count). The first-order valence-electron chi connectivity index (χ1n) is 5.86. The minimum Gasteiger partial charge on any atom is -0.396 e. The Morgan fingerprint density at radius 3 is 2.53 bits per heavy atom. The molecule has 0 fully saturated rings. The average molecular weight is 257 g/mol. The van der Waals surface area contributed by atoms with Crippen LogP contribution in [0.4, 0.5) is 11.5 Å². The molecule has 1 aromatic rings. The van der Waals surface area contributed by atoms with Crippen LogP contribution in [0, 0.1) is 0 Å². The number of rotatable bonds is 6. The van der Waals surface area contributed by atoms with Crippen LogP contribution in [0.3, 0.4) is 0 Å². The van der Waals surface area contributed by atoms with Gasteiger partial charge < -0.3 is 15.5 Å². The van der Waals surface area contributed by atoms with E-state index in [2.05, 4.69) is 35.8 Å². The van der Waals surface area contributed by atoms with Gasteiger partial charge in [-0.1, -0.05) is 18.5 Å². The fourth-order valence-corrected chi connectivity index (χ4v) is 1.75. The molecule has 0 spiro atoms. The zero-order chi connectivity index (χ0) is 12.8. The van der Waals surface area contributed by atoms with Crippen LogP contribution in [0.15, 0.2) is 12.1 Å².